The van der Waals surface area contributed by atoms with Crippen LogP contribution in [0.1, 0.15) is 10.4 Å². The fourth-order valence-electron chi connectivity index (χ4n) is 2.81. The van der Waals surface area contributed by atoms with E-state index in [2.05, 4.69) is 14.9 Å². The average molecular weight is 442 g/mol. The van der Waals surface area contributed by atoms with E-state index in [1.54, 1.807) is 12.1 Å². The maximum Gasteiger partial charge on any atom is 0.255 e. The summed E-state index contributed by atoms with van der Waals surface area (Å²) in [5, 5.41) is 2.90. The number of morpholine rings is 1. The Balaban J connectivity index is 1.61. The highest BCUT2D eigenvalue weighted by Crippen LogP contribution is 2.20. The van der Waals surface area contributed by atoms with Gasteiger partial charge in [-0.3, -0.25) is 9.69 Å². The minimum absolute atomic E-state index is 0.114. The standard InChI is InChI=1S/C19H21ClFN3O4S/c20-15-3-1-14(2-4-15)19(25)23-18-6-5-16(13-17(18)21)29(26,27)22-7-8-24-9-11-28-12-10-24/h1-6,13,22H,7-12H2,(H,23,25). The first-order chi connectivity index (χ1) is 13.8. The summed E-state index contributed by atoms with van der Waals surface area (Å²) in [6.07, 6.45) is 0. The van der Waals surface area contributed by atoms with Gasteiger partial charge in [-0.1, -0.05) is 11.6 Å². The first kappa shape index (κ1) is 21.7. The second kappa shape index (κ2) is 9.64. The quantitative estimate of drug-likeness (QED) is 0.688. The maximum atomic E-state index is 14.4. The van der Waals surface area contributed by atoms with E-state index < -0.39 is 21.7 Å². The molecule has 1 fully saturated rings. The van der Waals surface area contributed by atoms with Crippen LogP contribution in [0.5, 0.6) is 0 Å². The van der Waals surface area contributed by atoms with Crippen LogP contribution in [0.25, 0.3) is 0 Å². The molecule has 0 atom stereocenters. The van der Waals surface area contributed by atoms with Crippen molar-refractivity contribution in [1.29, 1.82) is 0 Å². The molecule has 0 radical (unpaired) electrons. The number of amides is 1. The van der Waals surface area contributed by atoms with Crippen molar-refractivity contribution in [3.8, 4) is 0 Å². The van der Waals surface area contributed by atoms with Crippen molar-refractivity contribution in [3.05, 3.63) is 58.9 Å². The summed E-state index contributed by atoms with van der Waals surface area (Å²) >= 11 is 5.78. The highest BCUT2D eigenvalue weighted by molar-refractivity contribution is 7.89. The highest BCUT2D eigenvalue weighted by atomic mass is 35.5. The third kappa shape index (κ3) is 5.97. The van der Waals surface area contributed by atoms with Crippen molar-refractivity contribution in [2.45, 2.75) is 4.90 Å². The van der Waals surface area contributed by atoms with Gasteiger partial charge in [0.25, 0.3) is 5.91 Å². The van der Waals surface area contributed by atoms with E-state index in [-0.39, 0.29) is 17.1 Å². The molecule has 7 nitrogen and oxygen atoms in total. The summed E-state index contributed by atoms with van der Waals surface area (Å²) in [6.45, 7) is 3.50. The molecule has 1 heterocycles. The van der Waals surface area contributed by atoms with Gasteiger partial charge in [-0.25, -0.2) is 17.5 Å². The summed E-state index contributed by atoms with van der Waals surface area (Å²) in [5.41, 5.74) is 0.187. The molecule has 0 spiro atoms. The number of halogens is 2. The zero-order valence-electron chi connectivity index (χ0n) is 15.5. The SMILES string of the molecule is O=C(Nc1ccc(S(=O)(=O)NCCN2CCOCC2)cc1F)c1ccc(Cl)cc1. The van der Waals surface area contributed by atoms with E-state index in [1.165, 1.54) is 24.3 Å². The predicted molar refractivity (Wildman–Crippen MR) is 108 cm³/mol. The molecule has 0 saturated carbocycles. The van der Waals surface area contributed by atoms with E-state index in [1.807, 2.05) is 0 Å². The first-order valence-electron chi connectivity index (χ1n) is 9.01. The zero-order chi connectivity index (χ0) is 20.9. The Morgan fingerprint density at radius 2 is 1.83 bits per heavy atom. The topological polar surface area (TPSA) is 87.7 Å². The number of nitrogens with one attached hydrogen (secondary N) is 2. The Bertz CT molecular complexity index is 964. The number of benzene rings is 2. The van der Waals surface area contributed by atoms with Gasteiger partial charge in [0.05, 0.1) is 23.8 Å². The largest absolute Gasteiger partial charge is 0.379 e. The minimum Gasteiger partial charge on any atom is -0.379 e. The van der Waals surface area contributed by atoms with Crippen LogP contribution in [0.4, 0.5) is 10.1 Å². The number of nitrogens with zero attached hydrogens (tertiary/aromatic N) is 1. The number of anilines is 1. The lowest BCUT2D eigenvalue weighted by atomic mass is 10.2. The molecule has 3 rings (SSSR count). The maximum absolute atomic E-state index is 14.4. The Kier molecular flexibility index (Phi) is 7.20. The van der Waals surface area contributed by atoms with Crippen molar-refractivity contribution in [2.24, 2.45) is 0 Å². The van der Waals surface area contributed by atoms with Crippen LogP contribution in [0.2, 0.25) is 5.02 Å². The smallest absolute Gasteiger partial charge is 0.255 e. The third-order valence-electron chi connectivity index (χ3n) is 4.43. The fourth-order valence-corrected chi connectivity index (χ4v) is 3.96. The number of sulfonamides is 1. The van der Waals surface area contributed by atoms with Gasteiger partial charge in [0, 0.05) is 36.8 Å². The zero-order valence-corrected chi connectivity index (χ0v) is 17.1. The Morgan fingerprint density at radius 3 is 2.48 bits per heavy atom. The van der Waals surface area contributed by atoms with Crippen molar-refractivity contribution < 1.29 is 22.3 Å². The number of carbonyl (C=O) groups is 1. The Hall–Kier alpha value is -2.04. The van der Waals surface area contributed by atoms with E-state index in [9.17, 15) is 17.6 Å². The molecule has 2 N–H and O–H groups in total. The molecule has 1 amide bonds. The second-order valence-corrected chi connectivity index (χ2v) is 8.66. The van der Waals surface area contributed by atoms with Gasteiger partial charge in [-0.15, -0.1) is 0 Å². The Morgan fingerprint density at radius 1 is 1.14 bits per heavy atom. The van der Waals surface area contributed by atoms with Gasteiger partial charge in [-0.2, -0.15) is 0 Å². The van der Waals surface area contributed by atoms with E-state index in [0.29, 0.717) is 30.3 Å². The highest BCUT2D eigenvalue weighted by Gasteiger charge is 2.18. The van der Waals surface area contributed by atoms with Crippen LogP contribution in [0.15, 0.2) is 47.4 Å². The molecule has 0 aliphatic carbocycles. The van der Waals surface area contributed by atoms with Crippen LogP contribution in [-0.2, 0) is 14.8 Å². The number of rotatable bonds is 7. The molecule has 0 bridgehead atoms. The minimum atomic E-state index is -3.86. The predicted octanol–water partition coefficient (Wildman–Crippen LogP) is 2.34. The van der Waals surface area contributed by atoms with Crippen molar-refractivity contribution in [3.63, 3.8) is 0 Å². The summed E-state index contributed by atoms with van der Waals surface area (Å²) in [6, 6.07) is 9.46. The van der Waals surface area contributed by atoms with Gasteiger partial charge in [-0.05, 0) is 42.5 Å². The first-order valence-corrected chi connectivity index (χ1v) is 10.9. The molecule has 0 unspecified atom stereocenters. The molecule has 10 heteroatoms. The molecule has 1 aliphatic rings. The molecule has 29 heavy (non-hydrogen) atoms. The normalized spacial score (nSPS) is 15.2. The number of hydrogen-bond acceptors (Lipinski definition) is 5. The van der Waals surface area contributed by atoms with Crippen LogP contribution in [0.3, 0.4) is 0 Å². The lowest BCUT2D eigenvalue weighted by molar-refractivity contribution is 0.0390. The monoisotopic (exact) mass is 441 g/mol. The van der Waals surface area contributed by atoms with E-state index >= 15 is 0 Å². The fraction of sp³-hybridized carbons (Fsp3) is 0.316. The molecule has 0 aromatic heterocycles. The van der Waals surface area contributed by atoms with Crippen LogP contribution >= 0.6 is 11.6 Å². The van der Waals surface area contributed by atoms with Gasteiger partial charge in [0.2, 0.25) is 10.0 Å². The molecule has 1 aliphatic heterocycles. The summed E-state index contributed by atoms with van der Waals surface area (Å²) in [7, 11) is -3.86. The molecular weight excluding hydrogens is 421 g/mol. The van der Waals surface area contributed by atoms with Crippen molar-refractivity contribution in [2.75, 3.05) is 44.7 Å². The summed E-state index contributed by atoms with van der Waals surface area (Å²) < 4.78 is 46.9. The number of hydrogen-bond donors (Lipinski definition) is 2. The Labute approximate surface area is 173 Å². The molecule has 156 valence electrons. The number of ether oxygens (including phenoxy) is 1. The van der Waals surface area contributed by atoms with Crippen molar-refractivity contribution >= 4 is 33.2 Å². The van der Waals surface area contributed by atoms with E-state index in [4.69, 9.17) is 16.3 Å². The lowest BCUT2D eigenvalue weighted by Crippen LogP contribution is -2.41. The third-order valence-corrected chi connectivity index (χ3v) is 6.14. The lowest BCUT2D eigenvalue weighted by Gasteiger charge is -2.26. The summed E-state index contributed by atoms with van der Waals surface area (Å²) in [4.78, 5) is 14.1. The van der Waals surface area contributed by atoms with Crippen LogP contribution < -0.4 is 10.0 Å². The van der Waals surface area contributed by atoms with Gasteiger partial charge < -0.3 is 10.1 Å². The molecule has 2 aromatic carbocycles. The van der Waals surface area contributed by atoms with E-state index in [0.717, 1.165) is 19.2 Å². The van der Waals surface area contributed by atoms with Crippen molar-refractivity contribution in [1.82, 2.24) is 9.62 Å². The second-order valence-electron chi connectivity index (χ2n) is 6.45. The van der Waals surface area contributed by atoms with Gasteiger partial charge in [0.1, 0.15) is 5.82 Å². The summed E-state index contributed by atoms with van der Waals surface area (Å²) in [5.74, 6) is -1.37. The van der Waals surface area contributed by atoms with Gasteiger partial charge >= 0.3 is 0 Å². The average Bonchev–Trinajstić information content (AvgIpc) is 2.70. The molecule has 1 saturated heterocycles. The molecular formula is C19H21ClFN3O4S. The van der Waals surface area contributed by atoms with Crippen LogP contribution in [-0.4, -0.2) is 58.6 Å². The molecule has 2 aromatic rings. The van der Waals surface area contributed by atoms with Gasteiger partial charge in [0.15, 0.2) is 0 Å². The van der Waals surface area contributed by atoms with Crippen LogP contribution in [0, 0.1) is 5.82 Å². The number of carbonyl (C=O) groups excluding carboxylic acids is 1.